The second-order valence-electron chi connectivity index (χ2n) is 6.88. The lowest BCUT2D eigenvalue weighted by Crippen LogP contribution is -2.42. The summed E-state index contributed by atoms with van der Waals surface area (Å²) in [5.41, 5.74) is 3.11. The lowest BCUT2D eigenvalue weighted by Gasteiger charge is -2.34. The van der Waals surface area contributed by atoms with Crippen molar-refractivity contribution in [1.82, 2.24) is 19.7 Å². The number of nitrogens with one attached hydrogen (secondary N) is 1. The Bertz CT molecular complexity index is 878. The molecule has 1 N–H and O–H groups in total. The minimum atomic E-state index is -0.125. The first kappa shape index (κ1) is 17.5. The summed E-state index contributed by atoms with van der Waals surface area (Å²) in [6, 6.07) is 0.128. The fourth-order valence-corrected chi connectivity index (χ4v) is 3.94. The summed E-state index contributed by atoms with van der Waals surface area (Å²) in [7, 11) is 1.82. The predicted molar refractivity (Wildman–Crippen MR) is 98.7 cm³/mol. The molecule has 25 heavy (non-hydrogen) atoms. The second kappa shape index (κ2) is 6.86. The third-order valence-corrected chi connectivity index (χ3v) is 5.29. The van der Waals surface area contributed by atoms with Gasteiger partial charge in [-0.1, -0.05) is 6.08 Å². The first-order valence-corrected chi connectivity index (χ1v) is 8.91. The molecule has 1 amide bonds. The highest BCUT2D eigenvalue weighted by atomic mass is 16.2. The first-order chi connectivity index (χ1) is 11.9. The van der Waals surface area contributed by atoms with Crippen molar-refractivity contribution in [3.63, 3.8) is 0 Å². The Kier molecular flexibility index (Phi) is 4.79. The van der Waals surface area contributed by atoms with Gasteiger partial charge in [-0.15, -0.1) is 6.58 Å². The molecule has 0 bridgehead atoms. The van der Waals surface area contributed by atoms with Gasteiger partial charge in [-0.25, -0.2) is 0 Å². The quantitative estimate of drug-likeness (QED) is 0.867. The summed E-state index contributed by atoms with van der Waals surface area (Å²) in [6.45, 7) is 8.51. The zero-order chi connectivity index (χ0) is 18.1. The molecule has 1 aliphatic heterocycles. The van der Waals surface area contributed by atoms with Gasteiger partial charge in [-0.2, -0.15) is 5.10 Å². The fraction of sp³-hybridized carbons (Fsp3) is 0.526. The Morgan fingerprint density at radius 1 is 1.40 bits per heavy atom. The van der Waals surface area contributed by atoms with E-state index in [4.69, 9.17) is 0 Å². The van der Waals surface area contributed by atoms with E-state index in [0.717, 1.165) is 48.1 Å². The van der Waals surface area contributed by atoms with E-state index in [1.807, 2.05) is 31.9 Å². The van der Waals surface area contributed by atoms with Crippen LogP contribution in [-0.2, 0) is 18.3 Å². The van der Waals surface area contributed by atoms with E-state index >= 15 is 0 Å². The van der Waals surface area contributed by atoms with Gasteiger partial charge < -0.3 is 9.88 Å². The molecule has 134 valence electrons. The van der Waals surface area contributed by atoms with Crippen LogP contribution in [0.25, 0.3) is 11.0 Å². The van der Waals surface area contributed by atoms with E-state index in [-0.39, 0.29) is 17.5 Å². The number of aryl methyl sites for hydroxylation is 3. The number of carbonyl (C=O) groups is 1. The van der Waals surface area contributed by atoms with Crippen LogP contribution in [0.2, 0.25) is 0 Å². The molecule has 3 heterocycles. The van der Waals surface area contributed by atoms with Gasteiger partial charge in [-0.05, 0) is 45.1 Å². The molecule has 1 unspecified atom stereocenters. The van der Waals surface area contributed by atoms with Crippen molar-refractivity contribution in [3.8, 4) is 0 Å². The highest BCUT2D eigenvalue weighted by Crippen LogP contribution is 2.22. The molecule has 0 aromatic carbocycles. The van der Waals surface area contributed by atoms with Crippen LogP contribution in [-0.4, -0.2) is 38.2 Å². The number of aromatic nitrogens is 3. The van der Waals surface area contributed by atoms with Crippen LogP contribution in [0.15, 0.2) is 17.4 Å². The van der Waals surface area contributed by atoms with Crippen LogP contribution in [0.1, 0.15) is 42.5 Å². The predicted octanol–water partition coefficient (Wildman–Crippen LogP) is 2.38. The lowest BCUT2D eigenvalue weighted by atomic mass is 9.99. The molecular formula is C19H26N4O2. The number of rotatable bonds is 4. The average molecular weight is 342 g/mol. The number of nitrogens with zero attached hydrogens (tertiary/aromatic N) is 3. The minimum absolute atomic E-state index is 0.103. The van der Waals surface area contributed by atoms with Crippen molar-refractivity contribution in [3.05, 3.63) is 39.8 Å². The van der Waals surface area contributed by atoms with Crippen molar-refractivity contribution in [2.24, 2.45) is 7.05 Å². The SMILES string of the molecule is C=CC1CCCCN1C(=O)CCc1c(C)c2c(C)nn(C)c2[nH]c1=O. The van der Waals surface area contributed by atoms with Crippen LogP contribution >= 0.6 is 0 Å². The summed E-state index contributed by atoms with van der Waals surface area (Å²) in [6.07, 6.45) is 5.81. The third-order valence-electron chi connectivity index (χ3n) is 5.29. The highest BCUT2D eigenvalue weighted by molar-refractivity contribution is 5.83. The molecule has 3 rings (SSSR count). The molecule has 1 saturated heterocycles. The third kappa shape index (κ3) is 3.13. The van der Waals surface area contributed by atoms with Gasteiger partial charge in [0.25, 0.3) is 5.56 Å². The summed E-state index contributed by atoms with van der Waals surface area (Å²) < 4.78 is 1.69. The molecule has 0 saturated carbocycles. The van der Waals surface area contributed by atoms with E-state index in [9.17, 15) is 9.59 Å². The number of fused-ring (bicyclic) bond motifs is 1. The Morgan fingerprint density at radius 3 is 2.88 bits per heavy atom. The molecule has 2 aromatic heterocycles. The van der Waals surface area contributed by atoms with E-state index < -0.39 is 0 Å². The summed E-state index contributed by atoms with van der Waals surface area (Å²) in [5, 5.41) is 5.36. The molecule has 2 aromatic rings. The first-order valence-electron chi connectivity index (χ1n) is 8.91. The molecule has 1 fully saturated rings. The number of likely N-dealkylation sites (tertiary alicyclic amines) is 1. The molecule has 0 aliphatic carbocycles. The number of H-pyrrole nitrogens is 1. The van der Waals surface area contributed by atoms with Crippen LogP contribution < -0.4 is 5.56 Å². The summed E-state index contributed by atoms with van der Waals surface area (Å²) >= 11 is 0. The van der Waals surface area contributed by atoms with Crippen LogP contribution in [0.5, 0.6) is 0 Å². The van der Waals surface area contributed by atoms with Gasteiger partial charge in [0.1, 0.15) is 5.65 Å². The van der Waals surface area contributed by atoms with E-state index in [1.54, 1.807) is 4.68 Å². The van der Waals surface area contributed by atoms with Gasteiger partial charge >= 0.3 is 0 Å². The standard InChI is InChI=1S/C19H26N4O2/c1-5-14-8-6-7-11-23(14)16(24)10-9-15-12(2)17-13(3)21-22(4)18(17)20-19(15)25/h5,14H,1,6-11H2,2-4H3,(H,20,25). The Balaban J connectivity index is 1.83. The van der Waals surface area contributed by atoms with Crippen LogP contribution in [0.4, 0.5) is 0 Å². The molecule has 0 radical (unpaired) electrons. The van der Waals surface area contributed by atoms with Crippen molar-refractivity contribution in [2.75, 3.05) is 6.54 Å². The zero-order valence-electron chi connectivity index (χ0n) is 15.3. The topological polar surface area (TPSA) is 71.0 Å². The van der Waals surface area contributed by atoms with Gasteiger partial charge in [0, 0.05) is 37.0 Å². The van der Waals surface area contributed by atoms with Crippen molar-refractivity contribution in [1.29, 1.82) is 0 Å². The van der Waals surface area contributed by atoms with Gasteiger partial charge in [-0.3, -0.25) is 14.3 Å². The number of hydrogen-bond acceptors (Lipinski definition) is 3. The fourth-order valence-electron chi connectivity index (χ4n) is 3.94. The van der Waals surface area contributed by atoms with Crippen LogP contribution in [0.3, 0.4) is 0 Å². The van der Waals surface area contributed by atoms with Crippen molar-refractivity contribution in [2.45, 2.75) is 52.0 Å². The molecule has 0 spiro atoms. The smallest absolute Gasteiger partial charge is 0.253 e. The number of hydrogen-bond donors (Lipinski definition) is 1. The maximum absolute atomic E-state index is 12.6. The summed E-state index contributed by atoms with van der Waals surface area (Å²) in [5.74, 6) is 0.103. The molecule has 1 aliphatic rings. The molecule has 6 heteroatoms. The minimum Gasteiger partial charge on any atom is -0.336 e. The largest absolute Gasteiger partial charge is 0.336 e. The Morgan fingerprint density at radius 2 is 2.16 bits per heavy atom. The number of aromatic amines is 1. The van der Waals surface area contributed by atoms with E-state index in [2.05, 4.69) is 16.7 Å². The maximum Gasteiger partial charge on any atom is 0.253 e. The Labute approximate surface area is 147 Å². The van der Waals surface area contributed by atoms with Crippen molar-refractivity contribution >= 4 is 16.9 Å². The molecule has 1 atom stereocenters. The molecule has 6 nitrogen and oxygen atoms in total. The van der Waals surface area contributed by atoms with Gasteiger partial charge in [0.05, 0.1) is 5.69 Å². The molecular weight excluding hydrogens is 316 g/mol. The van der Waals surface area contributed by atoms with Crippen molar-refractivity contribution < 1.29 is 4.79 Å². The highest BCUT2D eigenvalue weighted by Gasteiger charge is 2.24. The number of piperidine rings is 1. The number of carbonyl (C=O) groups excluding carboxylic acids is 1. The monoisotopic (exact) mass is 342 g/mol. The zero-order valence-corrected chi connectivity index (χ0v) is 15.3. The van der Waals surface area contributed by atoms with E-state index in [0.29, 0.717) is 18.4 Å². The summed E-state index contributed by atoms with van der Waals surface area (Å²) in [4.78, 5) is 30.0. The van der Waals surface area contributed by atoms with Crippen LogP contribution in [0, 0.1) is 13.8 Å². The second-order valence-corrected chi connectivity index (χ2v) is 6.88. The number of amides is 1. The lowest BCUT2D eigenvalue weighted by molar-refractivity contribution is -0.133. The van der Waals surface area contributed by atoms with Gasteiger partial charge in [0.15, 0.2) is 0 Å². The van der Waals surface area contributed by atoms with E-state index in [1.165, 1.54) is 0 Å². The maximum atomic E-state index is 12.6. The average Bonchev–Trinajstić information content (AvgIpc) is 2.88. The number of pyridine rings is 1. The Hall–Kier alpha value is -2.37. The van der Waals surface area contributed by atoms with Gasteiger partial charge in [0.2, 0.25) is 5.91 Å². The normalized spacial score (nSPS) is 17.9.